The summed E-state index contributed by atoms with van der Waals surface area (Å²) in [5.41, 5.74) is 7.46. The molecule has 0 aliphatic carbocycles. The molecule has 0 saturated carbocycles. The van der Waals surface area contributed by atoms with Crippen molar-refractivity contribution >= 4 is 16.6 Å². The Kier molecular flexibility index (Phi) is 2.95. The Morgan fingerprint density at radius 3 is 2.94 bits per heavy atom. The average molecular weight is 216 g/mol. The fraction of sp³-hybridized carbons (Fsp3) is 0.308. The van der Waals surface area contributed by atoms with Crippen LogP contribution < -0.4 is 10.5 Å². The lowest BCUT2D eigenvalue weighted by Crippen LogP contribution is -2.10. The Hall–Kier alpha value is -1.77. The maximum Gasteiger partial charge on any atom is 0.146 e. The van der Waals surface area contributed by atoms with Gasteiger partial charge in [-0.3, -0.25) is 4.98 Å². The Morgan fingerprint density at radius 1 is 1.38 bits per heavy atom. The number of anilines is 1. The number of pyridine rings is 1. The van der Waals surface area contributed by atoms with E-state index in [-0.39, 0.29) is 6.10 Å². The molecule has 0 bridgehead atoms. The Labute approximate surface area is 95.2 Å². The summed E-state index contributed by atoms with van der Waals surface area (Å²) in [5, 5.41) is 0.948. The van der Waals surface area contributed by atoms with Crippen molar-refractivity contribution in [2.75, 3.05) is 5.73 Å². The van der Waals surface area contributed by atoms with Crippen LogP contribution in [0.25, 0.3) is 10.9 Å². The van der Waals surface area contributed by atoms with E-state index in [0.717, 1.165) is 28.8 Å². The number of aromatic nitrogens is 1. The van der Waals surface area contributed by atoms with Crippen molar-refractivity contribution in [1.82, 2.24) is 4.98 Å². The summed E-state index contributed by atoms with van der Waals surface area (Å²) in [6, 6.07) is 7.59. The minimum absolute atomic E-state index is 0.189. The maximum absolute atomic E-state index is 5.89. The Balaban J connectivity index is 2.50. The van der Waals surface area contributed by atoms with Crippen LogP contribution in [0.4, 0.5) is 5.69 Å². The number of hydrogen-bond acceptors (Lipinski definition) is 3. The van der Waals surface area contributed by atoms with Crippen molar-refractivity contribution in [2.24, 2.45) is 0 Å². The standard InChI is InChI=1S/C13H16N2O/c1-3-9(2)16-12-7-6-11(14)10-5-4-8-15-13(10)12/h4-9H,3,14H2,1-2H3/t9-/m1/s1. The zero-order chi connectivity index (χ0) is 11.5. The summed E-state index contributed by atoms with van der Waals surface area (Å²) >= 11 is 0. The van der Waals surface area contributed by atoms with Gasteiger partial charge < -0.3 is 10.5 Å². The smallest absolute Gasteiger partial charge is 0.146 e. The van der Waals surface area contributed by atoms with Gasteiger partial charge in [0.25, 0.3) is 0 Å². The van der Waals surface area contributed by atoms with E-state index in [1.54, 1.807) is 6.20 Å². The van der Waals surface area contributed by atoms with E-state index in [2.05, 4.69) is 11.9 Å². The number of nitrogens with zero attached hydrogens (tertiary/aromatic N) is 1. The van der Waals surface area contributed by atoms with Crippen LogP contribution in [0.3, 0.4) is 0 Å². The molecular formula is C13H16N2O. The van der Waals surface area contributed by atoms with Gasteiger partial charge in [-0.15, -0.1) is 0 Å². The molecule has 3 nitrogen and oxygen atoms in total. The largest absolute Gasteiger partial charge is 0.488 e. The van der Waals surface area contributed by atoms with Gasteiger partial charge in [0.15, 0.2) is 0 Å². The summed E-state index contributed by atoms with van der Waals surface area (Å²) in [7, 11) is 0. The molecule has 84 valence electrons. The third-order valence-corrected chi connectivity index (χ3v) is 2.67. The fourth-order valence-electron chi connectivity index (χ4n) is 1.56. The summed E-state index contributed by atoms with van der Waals surface area (Å²) in [5.74, 6) is 0.805. The minimum atomic E-state index is 0.189. The number of rotatable bonds is 3. The maximum atomic E-state index is 5.89. The molecule has 0 radical (unpaired) electrons. The van der Waals surface area contributed by atoms with Crippen LogP contribution in [0, 0.1) is 0 Å². The zero-order valence-electron chi connectivity index (χ0n) is 9.60. The quantitative estimate of drug-likeness (QED) is 0.802. The van der Waals surface area contributed by atoms with Crippen molar-refractivity contribution in [3.63, 3.8) is 0 Å². The Bertz CT molecular complexity index is 496. The predicted molar refractivity (Wildman–Crippen MR) is 66.5 cm³/mol. The van der Waals surface area contributed by atoms with Crippen molar-refractivity contribution in [3.8, 4) is 5.75 Å². The monoisotopic (exact) mass is 216 g/mol. The number of hydrogen-bond donors (Lipinski definition) is 1. The summed E-state index contributed by atoms with van der Waals surface area (Å²) in [6.07, 6.45) is 2.91. The topological polar surface area (TPSA) is 48.1 Å². The highest BCUT2D eigenvalue weighted by molar-refractivity contribution is 5.94. The number of ether oxygens (including phenoxy) is 1. The van der Waals surface area contributed by atoms with Crippen LogP contribution in [0.5, 0.6) is 5.75 Å². The van der Waals surface area contributed by atoms with Gasteiger partial charge in [-0.2, -0.15) is 0 Å². The molecule has 0 spiro atoms. The number of fused-ring (bicyclic) bond motifs is 1. The number of nitrogens with two attached hydrogens (primary N) is 1. The molecule has 0 aliphatic rings. The van der Waals surface area contributed by atoms with Crippen LogP contribution in [-0.4, -0.2) is 11.1 Å². The molecule has 0 saturated heterocycles. The second-order valence-corrected chi connectivity index (χ2v) is 3.89. The number of benzene rings is 1. The van der Waals surface area contributed by atoms with Gasteiger partial charge in [-0.05, 0) is 37.6 Å². The van der Waals surface area contributed by atoms with Crippen molar-refractivity contribution in [2.45, 2.75) is 26.4 Å². The molecular weight excluding hydrogens is 200 g/mol. The van der Waals surface area contributed by atoms with Gasteiger partial charge in [0, 0.05) is 17.3 Å². The molecule has 1 aromatic carbocycles. The summed E-state index contributed by atoms with van der Waals surface area (Å²) in [6.45, 7) is 4.14. The van der Waals surface area contributed by atoms with E-state index in [0.29, 0.717) is 0 Å². The Morgan fingerprint density at radius 2 is 2.19 bits per heavy atom. The molecule has 2 rings (SSSR count). The highest BCUT2D eigenvalue weighted by Crippen LogP contribution is 2.28. The van der Waals surface area contributed by atoms with Gasteiger partial charge >= 0.3 is 0 Å². The normalized spacial score (nSPS) is 12.6. The first-order chi connectivity index (χ1) is 7.72. The van der Waals surface area contributed by atoms with Gasteiger partial charge in [-0.25, -0.2) is 0 Å². The molecule has 0 fully saturated rings. The van der Waals surface area contributed by atoms with Crippen LogP contribution >= 0.6 is 0 Å². The molecule has 0 amide bonds. The van der Waals surface area contributed by atoms with Gasteiger partial charge in [0.2, 0.25) is 0 Å². The fourth-order valence-corrected chi connectivity index (χ4v) is 1.56. The van der Waals surface area contributed by atoms with Crippen LogP contribution in [0.2, 0.25) is 0 Å². The molecule has 1 heterocycles. The molecule has 1 aromatic heterocycles. The molecule has 3 heteroatoms. The van der Waals surface area contributed by atoms with E-state index in [1.807, 2.05) is 31.2 Å². The lowest BCUT2D eigenvalue weighted by molar-refractivity contribution is 0.220. The zero-order valence-corrected chi connectivity index (χ0v) is 9.60. The van der Waals surface area contributed by atoms with E-state index in [1.165, 1.54) is 0 Å². The molecule has 0 unspecified atom stereocenters. The predicted octanol–water partition coefficient (Wildman–Crippen LogP) is 2.99. The van der Waals surface area contributed by atoms with Crippen LogP contribution in [0.15, 0.2) is 30.5 Å². The van der Waals surface area contributed by atoms with Gasteiger partial charge in [0.1, 0.15) is 11.3 Å². The van der Waals surface area contributed by atoms with E-state index in [9.17, 15) is 0 Å². The molecule has 0 aliphatic heterocycles. The van der Waals surface area contributed by atoms with E-state index < -0.39 is 0 Å². The van der Waals surface area contributed by atoms with Gasteiger partial charge in [-0.1, -0.05) is 6.92 Å². The second-order valence-electron chi connectivity index (χ2n) is 3.89. The van der Waals surface area contributed by atoms with E-state index >= 15 is 0 Å². The minimum Gasteiger partial charge on any atom is -0.488 e. The van der Waals surface area contributed by atoms with Gasteiger partial charge in [0.05, 0.1) is 6.10 Å². The first-order valence-corrected chi connectivity index (χ1v) is 5.52. The first-order valence-electron chi connectivity index (χ1n) is 5.52. The molecule has 2 N–H and O–H groups in total. The van der Waals surface area contributed by atoms with Crippen molar-refractivity contribution < 1.29 is 4.74 Å². The van der Waals surface area contributed by atoms with Crippen molar-refractivity contribution in [1.29, 1.82) is 0 Å². The molecule has 2 aromatic rings. The lowest BCUT2D eigenvalue weighted by atomic mass is 10.1. The molecule has 1 atom stereocenters. The summed E-state index contributed by atoms with van der Waals surface area (Å²) in [4.78, 5) is 4.32. The van der Waals surface area contributed by atoms with Crippen LogP contribution in [-0.2, 0) is 0 Å². The highest BCUT2D eigenvalue weighted by Gasteiger charge is 2.08. The lowest BCUT2D eigenvalue weighted by Gasteiger charge is -2.14. The summed E-state index contributed by atoms with van der Waals surface area (Å²) < 4.78 is 5.81. The SMILES string of the molecule is CC[C@@H](C)Oc1ccc(N)c2cccnc12. The van der Waals surface area contributed by atoms with Crippen molar-refractivity contribution in [3.05, 3.63) is 30.5 Å². The first kappa shape index (κ1) is 10.7. The highest BCUT2D eigenvalue weighted by atomic mass is 16.5. The number of nitrogen functional groups attached to an aromatic ring is 1. The van der Waals surface area contributed by atoms with Crippen LogP contribution in [0.1, 0.15) is 20.3 Å². The third-order valence-electron chi connectivity index (χ3n) is 2.67. The average Bonchev–Trinajstić information content (AvgIpc) is 2.33. The third kappa shape index (κ3) is 1.94. The second kappa shape index (κ2) is 4.39. The molecule has 16 heavy (non-hydrogen) atoms. The van der Waals surface area contributed by atoms with E-state index in [4.69, 9.17) is 10.5 Å².